The Labute approximate surface area is 188 Å². The predicted octanol–water partition coefficient (Wildman–Crippen LogP) is 3.64. The smallest absolute Gasteiger partial charge is 0.340 e. The lowest BCUT2D eigenvalue weighted by atomic mass is 9.73. The van der Waals surface area contributed by atoms with Crippen molar-refractivity contribution in [1.29, 1.82) is 0 Å². The van der Waals surface area contributed by atoms with Crippen LogP contribution in [0.25, 0.3) is 0 Å². The summed E-state index contributed by atoms with van der Waals surface area (Å²) in [5.74, 6) is 1.56. The summed E-state index contributed by atoms with van der Waals surface area (Å²) in [5, 5.41) is 6.48. The highest BCUT2D eigenvalue weighted by atomic mass is 16.5. The second-order valence-electron chi connectivity index (χ2n) is 8.85. The number of nitrogens with zero attached hydrogens (tertiary/aromatic N) is 2. The van der Waals surface area contributed by atoms with Gasteiger partial charge in [-0.1, -0.05) is 42.5 Å². The Bertz CT molecular complexity index is 1040. The summed E-state index contributed by atoms with van der Waals surface area (Å²) >= 11 is 0. The molecule has 0 bridgehead atoms. The Kier molecular flexibility index (Phi) is 7.07. The number of rotatable bonds is 9. The van der Waals surface area contributed by atoms with Gasteiger partial charge in [0.2, 0.25) is 0 Å². The third kappa shape index (κ3) is 5.66. The van der Waals surface area contributed by atoms with Crippen molar-refractivity contribution in [3.05, 3.63) is 82.0 Å². The van der Waals surface area contributed by atoms with Crippen molar-refractivity contribution in [3.8, 4) is 5.75 Å². The molecule has 1 aliphatic rings. The van der Waals surface area contributed by atoms with Crippen LogP contribution in [-0.2, 0) is 23.3 Å². The summed E-state index contributed by atoms with van der Waals surface area (Å²) in [6.45, 7) is 7.77. The van der Waals surface area contributed by atoms with Crippen molar-refractivity contribution in [1.82, 2.24) is 20.1 Å². The average molecular weight is 437 g/mol. The molecule has 0 radical (unpaired) electrons. The van der Waals surface area contributed by atoms with E-state index in [1.54, 1.807) is 0 Å². The predicted molar refractivity (Wildman–Crippen MR) is 124 cm³/mol. The van der Waals surface area contributed by atoms with E-state index in [9.17, 15) is 4.79 Å². The van der Waals surface area contributed by atoms with Gasteiger partial charge >= 0.3 is 5.69 Å². The molecule has 0 aliphatic carbocycles. The number of piperidine rings is 1. The van der Waals surface area contributed by atoms with E-state index in [1.807, 2.05) is 26.0 Å². The number of hydrogen-bond donors (Lipinski definition) is 2. The maximum Gasteiger partial charge on any atom is 0.340 e. The zero-order valence-electron chi connectivity index (χ0n) is 18.8. The Hall–Kier alpha value is -2.90. The van der Waals surface area contributed by atoms with Crippen molar-refractivity contribution >= 4 is 0 Å². The lowest BCUT2D eigenvalue weighted by Crippen LogP contribution is -2.45. The monoisotopic (exact) mass is 436 g/mol. The number of hydrogen-bond acceptors (Lipinski definition) is 5. The molecule has 3 aromatic rings. The molecule has 0 spiro atoms. The molecule has 1 aromatic heterocycles. The van der Waals surface area contributed by atoms with Crippen molar-refractivity contribution in [2.45, 2.75) is 51.4 Å². The fourth-order valence-electron chi connectivity index (χ4n) is 4.38. The minimum absolute atomic E-state index is 0.0250. The lowest BCUT2D eigenvalue weighted by molar-refractivity contribution is 0.0341. The number of likely N-dealkylation sites (tertiary alicyclic amines) is 1. The van der Waals surface area contributed by atoms with Crippen molar-refractivity contribution in [2.24, 2.45) is 0 Å². The molecule has 0 saturated carbocycles. The van der Waals surface area contributed by atoms with E-state index < -0.39 is 0 Å². The fraction of sp³-hybridized carbons (Fsp3) is 0.440. The molecule has 4 rings (SSSR count). The van der Waals surface area contributed by atoms with Gasteiger partial charge in [0.15, 0.2) is 0 Å². The highest BCUT2D eigenvalue weighted by molar-refractivity contribution is 5.29. The van der Waals surface area contributed by atoms with Crippen molar-refractivity contribution in [2.75, 3.05) is 19.7 Å². The van der Waals surface area contributed by atoms with Crippen LogP contribution >= 0.6 is 0 Å². The summed E-state index contributed by atoms with van der Waals surface area (Å²) in [4.78, 5) is 16.4. The zero-order chi connectivity index (χ0) is 22.4. The summed E-state index contributed by atoms with van der Waals surface area (Å²) in [6.07, 6.45) is 2.13. The van der Waals surface area contributed by atoms with Gasteiger partial charge in [0.05, 0.1) is 25.9 Å². The third-order valence-electron chi connectivity index (χ3n) is 6.04. The Morgan fingerprint density at radius 1 is 1.09 bits per heavy atom. The first-order valence-electron chi connectivity index (χ1n) is 11.3. The van der Waals surface area contributed by atoms with Crippen LogP contribution in [0.5, 0.6) is 5.75 Å². The molecule has 0 atom stereocenters. The normalized spacial score (nSPS) is 16.3. The van der Waals surface area contributed by atoms with E-state index in [2.05, 4.69) is 62.5 Å². The summed E-state index contributed by atoms with van der Waals surface area (Å²) in [7, 11) is 0. The summed E-state index contributed by atoms with van der Waals surface area (Å²) < 4.78 is 12.1. The maximum atomic E-state index is 11.3. The van der Waals surface area contributed by atoms with Crippen molar-refractivity contribution < 1.29 is 9.47 Å². The quantitative estimate of drug-likeness (QED) is 0.535. The highest BCUT2D eigenvalue weighted by Gasteiger charge is 2.36. The third-order valence-corrected chi connectivity index (χ3v) is 6.04. The maximum absolute atomic E-state index is 11.3. The van der Waals surface area contributed by atoms with Gasteiger partial charge in [-0.3, -0.25) is 9.88 Å². The number of ether oxygens (including phenoxy) is 2. The van der Waals surface area contributed by atoms with Crippen LogP contribution in [-0.4, -0.2) is 45.9 Å². The molecule has 2 heterocycles. The van der Waals surface area contributed by atoms with Crippen LogP contribution in [0.1, 0.15) is 43.6 Å². The van der Waals surface area contributed by atoms with E-state index in [1.165, 1.54) is 5.56 Å². The first kappa shape index (κ1) is 22.3. The Balaban J connectivity index is 1.40. The number of aromatic amines is 2. The first-order valence-corrected chi connectivity index (χ1v) is 11.3. The number of nitrogens with one attached hydrogen (secondary N) is 2. The molecule has 1 aliphatic heterocycles. The standard InChI is InChI=1S/C25H32N4O3/c1-19(2)32-22-10-6-7-20(15-22)17-31-18-25(21-8-4-3-5-9-21)11-13-29(14-12-25)16-23-26-24(30)28-27-23/h3-10,15,19H,11-14,16-18H2,1-2H3,(H2,26,27,28,30). The number of benzene rings is 2. The molecule has 1 fully saturated rings. The Morgan fingerprint density at radius 3 is 2.56 bits per heavy atom. The molecule has 170 valence electrons. The largest absolute Gasteiger partial charge is 0.491 e. The van der Waals surface area contributed by atoms with Crippen LogP contribution in [0.3, 0.4) is 0 Å². The molecule has 1 saturated heterocycles. The molecule has 7 heteroatoms. The minimum Gasteiger partial charge on any atom is -0.491 e. The van der Waals surface area contributed by atoms with Gasteiger partial charge in [0, 0.05) is 5.41 Å². The molecule has 2 N–H and O–H groups in total. The zero-order valence-corrected chi connectivity index (χ0v) is 18.8. The molecule has 0 amide bonds. The van der Waals surface area contributed by atoms with E-state index >= 15 is 0 Å². The van der Waals surface area contributed by atoms with Crippen molar-refractivity contribution in [3.63, 3.8) is 0 Å². The molecule has 32 heavy (non-hydrogen) atoms. The van der Waals surface area contributed by atoms with Gasteiger partial charge in [-0.2, -0.15) is 5.10 Å². The van der Waals surface area contributed by atoms with E-state index in [4.69, 9.17) is 9.47 Å². The van der Waals surface area contributed by atoms with Crippen LogP contribution in [0, 0.1) is 0 Å². The van der Waals surface area contributed by atoms with Crippen LogP contribution in [0.4, 0.5) is 0 Å². The van der Waals surface area contributed by atoms with Gasteiger partial charge in [0.1, 0.15) is 11.6 Å². The molecular formula is C25H32N4O3. The highest BCUT2D eigenvalue weighted by Crippen LogP contribution is 2.36. The molecule has 7 nitrogen and oxygen atoms in total. The van der Waals surface area contributed by atoms with Gasteiger partial charge in [-0.05, 0) is 63.0 Å². The number of aromatic nitrogens is 3. The molecule has 2 aromatic carbocycles. The summed E-state index contributed by atoms with van der Waals surface area (Å²) in [6, 6.07) is 18.8. The summed E-state index contributed by atoms with van der Waals surface area (Å²) in [5.41, 5.74) is 2.16. The average Bonchev–Trinajstić information content (AvgIpc) is 3.20. The van der Waals surface area contributed by atoms with Crippen LogP contribution in [0.2, 0.25) is 0 Å². The molecular weight excluding hydrogens is 404 g/mol. The van der Waals surface area contributed by atoms with E-state index in [-0.39, 0.29) is 17.2 Å². The van der Waals surface area contributed by atoms with E-state index in [0.29, 0.717) is 25.6 Å². The van der Waals surface area contributed by atoms with Gasteiger partial charge < -0.3 is 9.47 Å². The van der Waals surface area contributed by atoms with Gasteiger partial charge in [-0.15, -0.1) is 0 Å². The topological polar surface area (TPSA) is 83.2 Å². The second-order valence-corrected chi connectivity index (χ2v) is 8.85. The Morgan fingerprint density at radius 2 is 1.88 bits per heavy atom. The first-order chi connectivity index (χ1) is 15.5. The van der Waals surface area contributed by atoms with Gasteiger partial charge in [-0.25, -0.2) is 9.89 Å². The van der Waals surface area contributed by atoms with Crippen LogP contribution < -0.4 is 10.4 Å². The second kappa shape index (κ2) is 10.1. The SMILES string of the molecule is CC(C)Oc1cccc(COCC2(c3ccccc3)CCN(Cc3n[nH]c(=O)[nH]3)CC2)c1. The van der Waals surface area contributed by atoms with Gasteiger partial charge in [0.25, 0.3) is 0 Å². The fourth-order valence-corrected chi connectivity index (χ4v) is 4.38. The number of H-pyrrole nitrogens is 2. The molecule has 0 unspecified atom stereocenters. The lowest BCUT2D eigenvalue weighted by Gasteiger charge is -2.42. The minimum atomic E-state index is -0.257. The van der Waals surface area contributed by atoms with E-state index in [0.717, 1.165) is 37.2 Å². The van der Waals surface area contributed by atoms with Crippen LogP contribution in [0.15, 0.2) is 59.4 Å².